The van der Waals surface area contributed by atoms with Crippen LogP contribution in [0.4, 0.5) is 0 Å². The first-order valence-corrected chi connectivity index (χ1v) is 5.86. The second kappa shape index (κ2) is 4.03. The average molecular weight is 255 g/mol. The third-order valence-electron chi connectivity index (χ3n) is 2.96. The molecule has 76 valence electrons. The quantitative estimate of drug-likeness (QED) is 0.802. The summed E-state index contributed by atoms with van der Waals surface area (Å²) in [5, 5.41) is 0. The topological polar surface area (TPSA) is 9.23 Å². The maximum Gasteiger partial charge on any atom is 0.0679 e. The molecule has 0 aliphatic carbocycles. The van der Waals surface area contributed by atoms with Gasteiger partial charge in [0.1, 0.15) is 0 Å². The normalized spacial score (nSPS) is 25.9. The van der Waals surface area contributed by atoms with Gasteiger partial charge in [-0.05, 0) is 37.8 Å². The first-order valence-electron chi connectivity index (χ1n) is 5.07. The van der Waals surface area contributed by atoms with Gasteiger partial charge in [-0.2, -0.15) is 0 Å². The SMILES string of the molecule is CC1(CCc2ccccc2Br)CCO1. The highest BCUT2D eigenvalue weighted by atomic mass is 79.9. The summed E-state index contributed by atoms with van der Waals surface area (Å²) < 4.78 is 6.78. The molecule has 0 N–H and O–H groups in total. The molecule has 0 bridgehead atoms. The summed E-state index contributed by atoms with van der Waals surface area (Å²) in [6, 6.07) is 8.41. The minimum Gasteiger partial charge on any atom is -0.375 e. The van der Waals surface area contributed by atoms with Gasteiger partial charge in [-0.25, -0.2) is 0 Å². The van der Waals surface area contributed by atoms with Gasteiger partial charge in [0.05, 0.1) is 12.2 Å². The molecule has 1 heterocycles. The van der Waals surface area contributed by atoms with E-state index in [4.69, 9.17) is 4.74 Å². The van der Waals surface area contributed by atoms with Gasteiger partial charge in [0.15, 0.2) is 0 Å². The Kier molecular flexibility index (Phi) is 2.93. The van der Waals surface area contributed by atoms with Crippen molar-refractivity contribution in [2.24, 2.45) is 0 Å². The second-order valence-electron chi connectivity index (χ2n) is 4.14. The molecule has 14 heavy (non-hydrogen) atoms. The molecule has 1 aliphatic rings. The van der Waals surface area contributed by atoms with Gasteiger partial charge in [0, 0.05) is 4.47 Å². The molecule has 2 heteroatoms. The monoisotopic (exact) mass is 254 g/mol. The lowest BCUT2D eigenvalue weighted by molar-refractivity contribution is -0.137. The molecule has 1 unspecified atom stereocenters. The first kappa shape index (κ1) is 10.2. The molecular formula is C12H15BrO. The Bertz CT molecular complexity index is 318. The molecule has 1 fully saturated rings. The van der Waals surface area contributed by atoms with Gasteiger partial charge < -0.3 is 4.74 Å². The molecule has 1 aliphatic heterocycles. The summed E-state index contributed by atoms with van der Waals surface area (Å²) in [7, 11) is 0. The molecule has 1 atom stereocenters. The van der Waals surface area contributed by atoms with Crippen molar-refractivity contribution < 1.29 is 4.74 Å². The van der Waals surface area contributed by atoms with Crippen molar-refractivity contribution in [3.8, 4) is 0 Å². The summed E-state index contributed by atoms with van der Waals surface area (Å²) >= 11 is 3.56. The average Bonchev–Trinajstić information content (AvgIpc) is 2.14. The van der Waals surface area contributed by atoms with Gasteiger partial charge in [0.2, 0.25) is 0 Å². The fraction of sp³-hybridized carbons (Fsp3) is 0.500. The van der Waals surface area contributed by atoms with E-state index in [0.29, 0.717) is 0 Å². The molecule has 1 nitrogen and oxygen atoms in total. The number of hydrogen-bond donors (Lipinski definition) is 0. The smallest absolute Gasteiger partial charge is 0.0679 e. The lowest BCUT2D eigenvalue weighted by Crippen LogP contribution is -2.40. The molecule has 0 aromatic heterocycles. The molecule has 2 rings (SSSR count). The maximum absolute atomic E-state index is 5.56. The van der Waals surface area contributed by atoms with Gasteiger partial charge in [0.25, 0.3) is 0 Å². The Balaban J connectivity index is 1.95. The molecule has 0 radical (unpaired) electrons. The van der Waals surface area contributed by atoms with Crippen LogP contribution in [0.25, 0.3) is 0 Å². The standard InChI is InChI=1S/C12H15BrO/c1-12(8-9-14-12)7-6-10-4-2-3-5-11(10)13/h2-5H,6-9H2,1H3. The maximum atomic E-state index is 5.56. The number of halogens is 1. The minimum atomic E-state index is 0.148. The Labute approximate surface area is 93.6 Å². The van der Waals surface area contributed by atoms with E-state index in [0.717, 1.165) is 19.4 Å². The van der Waals surface area contributed by atoms with Crippen LogP contribution in [0.15, 0.2) is 28.7 Å². The van der Waals surface area contributed by atoms with Crippen LogP contribution in [0.3, 0.4) is 0 Å². The predicted octanol–water partition coefficient (Wildman–Crippen LogP) is 3.56. The van der Waals surface area contributed by atoms with Crippen LogP contribution < -0.4 is 0 Å². The van der Waals surface area contributed by atoms with Crippen molar-refractivity contribution in [2.45, 2.75) is 31.8 Å². The van der Waals surface area contributed by atoms with E-state index in [1.807, 2.05) is 0 Å². The fourth-order valence-corrected chi connectivity index (χ4v) is 2.23. The number of hydrogen-bond acceptors (Lipinski definition) is 1. The van der Waals surface area contributed by atoms with E-state index in [-0.39, 0.29) is 5.60 Å². The third-order valence-corrected chi connectivity index (χ3v) is 3.74. The zero-order valence-corrected chi connectivity index (χ0v) is 10.0. The van der Waals surface area contributed by atoms with E-state index in [1.54, 1.807) is 0 Å². The largest absolute Gasteiger partial charge is 0.375 e. The molecule has 1 aromatic carbocycles. The molecule has 0 saturated carbocycles. The molecule has 0 spiro atoms. The Hall–Kier alpha value is -0.340. The van der Waals surface area contributed by atoms with Crippen LogP contribution >= 0.6 is 15.9 Å². The predicted molar refractivity (Wildman–Crippen MR) is 61.4 cm³/mol. The Morgan fingerprint density at radius 3 is 2.71 bits per heavy atom. The Morgan fingerprint density at radius 2 is 2.14 bits per heavy atom. The van der Waals surface area contributed by atoms with Crippen LogP contribution in [0.1, 0.15) is 25.3 Å². The van der Waals surface area contributed by atoms with Crippen molar-refractivity contribution in [1.29, 1.82) is 0 Å². The number of aryl methyl sites for hydroxylation is 1. The summed E-state index contributed by atoms with van der Waals surface area (Å²) in [4.78, 5) is 0. The van der Waals surface area contributed by atoms with E-state index < -0.39 is 0 Å². The first-order chi connectivity index (χ1) is 6.70. The fourth-order valence-electron chi connectivity index (χ4n) is 1.75. The molecular weight excluding hydrogens is 240 g/mol. The van der Waals surface area contributed by atoms with Crippen molar-refractivity contribution >= 4 is 15.9 Å². The van der Waals surface area contributed by atoms with Crippen LogP contribution in [0, 0.1) is 0 Å². The van der Waals surface area contributed by atoms with E-state index >= 15 is 0 Å². The van der Waals surface area contributed by atoms with E-state index in [2.05, 4.69) is 47.1 Å². The molecule has 0 amide bonds. The van der Waals surface area contributed by atoms with Gasteiger partial charge in [-0.15, -0.1) is 0 Å². The summed E-state index contributed by atoms with van der Waals surface area (Å²) in [5.41, 5.74) is 1.53. The van der Waals surface area contributed by atoms with Crippen LogP contribution in [-0.4, -0.2) is 12.2 Å². The van der Waals surface area contributed by atoms with Crippen LogP contribution in [0.5, 0.6) is 0 Å². The number of benzene rings is 1. The van der Waals surface area contributed by atoms with Gasteiger partial charge in [-0.3, -0.25) is 0 Å². The van der Waals surface area contributed by atoms with Gasteiger partial charge in [-0.1, -0.05) is 34.1 Å². The number of rotatable bonds is 3. The highest BCUT2D eigenvalue weighted by Gasteiger charge is 2.32. The molecule has 1 aromatic rings. The van der Waals surface area contributed by atoms with Crippen LogP contribution in [0.2, 0.25) is 0 Å². The summed E-state index contributed by atoms with van der Waals surface area (Å²) in [6.07, 6.45) is 3.42. The second-order valence-corrected chi connectivity index (χ2v) is 4.99. The van der Waals surface area contributed by atoms with Crippen molar-refractivity contribution in [2.75, 3.05) is 6.61 Å². The van der Waals surface area contributed by atoms with Crippen molar-refractivity contribution in [1.82, 2.24) is 0 Å². The highest BCUT2D eigenvalue weighted by Crippen LogP contribution is 2.31. The third kappa shape index (κ3) is 2.18. The van der Waals surface area contributed by atoms with E-state index in [1.165, 1.54) is 16.5 Å². The molecule has 1 saturated heterocycles. The lowest BCUT2D eigenvalue weighted by Gasteiger charge is -2.38. The Morgan fingerprint density at radius 1 is 1.43 bits per heavy atom. The summed E-state index contributed by atoms with van der Waals surface area (Å²) in [5.74, 6) is 0. The van der Waals surface area contributed by atoms with Crippen molar-refractivity contribution in [3.05, 3.63) is 34.3 Å². The minimum absolute atomic E-state index is 0.148. The zero-order chi connectivity index (χ0) is 10.0. The van der Waals surface area contributed by atoms with Gasteiger partial charge >= 0.3 is 0 Å². The lowest BCUT2D eigenvalue weighted by atomic mass is 9.90. The summed E-state index contributed by atoms with van der Waals surface area (Å²) in [6.45, 7) is 3.14. The van der Waals surface area contributed by atoms with E-state index in [9.17, 15) is 0 Å². The zero-order valence-electron chi connectivity index (χ0n) is 8.42. The van der Waals surface area contributed by atoms with Crippen molar-refractivity contribution in [3.63, 3.8) is 0 Å². The van der Waals surface area contributed by atoms with Crippen LogP contribution in [-0.2, 0) is 11.2 Å². The number of ether oxygens (including phenoxy) is 1. The highest BCUT2D eigenvalue weighted by molar-refractivity contribution is 9.10.